The molecule has 0 aliphatic heterocycles. The minimum absolute atomic E-state index is 0.0854. The molecular formula is C22H27NO. The van der Waals surface area contributed by atoms with Gasteiger partial charge >= 0.3 is 0 Å². The standard InChI is InChI=1S/C22H27NO/c1-21-9-7-14(24)11-13(21)3-4-17-18(21)8-10-22(2)19(12-23)15-5-6-16(15)20(17)22/h7,9,11,15-20H,3-6,8,10H2,1-2H3/t15-,16+,17+,18-,19-,20-,21-,22+/m0/s1. The summed E-state index contributed by atoms with van der Waals surface area (Å²) in [5.74, 6) is 4.09. The van der Waals surface area contributed by atoms with Gasteiger partial charge in [0.1, 0.15) is 0 Å². The van der Waals surface area contributed by atoms with Gasteiger partial charge in [-0.1, -0.05) is 25.5 Å². The molecule has 0 spiro atoms. The lowest BCUT2D eigenvalue weighted by molar-refractivity contribution is -0.111. The minimum atomic E-state index is 0.0854. The molecule has 0 amide bonds. The summed E-state index contributed by atoms with van der Waals surface area (Å²) in [4.78, 5) is 11.8. The Morgan fingerprint density at radius 1 is 1.12 bits per heavy atom. The summed E-state index contributed by atoms with van der Waals surface area (Å²) in [5, 5.41) is 9.85. The number of fused-ring (bicyclic) bond motifs is 7. The van der Waals surface area contributed by atoms with Crippen LogP contribution >= 0.6 is 0 Å². The first-order valence-electron chi connectivity index (χ1n) is 9.83. The molecule has 4 fully saturated rings. The summed E-state index contributed by atoms with van der Waals surface area (Å²) in [6, 6.07) is 2.73. The Bertz CT molecular complexity index is 712. The molecule has 5 aliphatic rings. The van der Waals surface area contributed by atoms with Gasteiger partial charge in [-0.2, -0.15) is 5.26 Å². The molecule has 0 bridgehead atoms. The lowest BCUT2D eigenvalue weighted by atomic mass is 9.47. The second-order valence-corrected chi connectivity index (χ2v) is 9.58. The molecule has 8 atom stereocenters. The highest BCUT2D eigenvalue weighted by molar-refractivity contribution is 6.01. The smallest absolute Gasteiger partial charge is 0.178 e. The van der Waals surface area contributed by atoms with Gasteiger partial charge in [0.05, 0.1) is 12.0 Å². The van der Waals surface area contributed by atoms with Gasteiger partial charge < -0.3 is 0 Å². The van der Waals surface area contributed by atoms with Crippen molar-refractivity contribution in [2.45, 2.75) is 52.4 Å². The Morgan fingerprint density at radius 3 is 2.62 bits per heavy atom. The average molecular weight is 321 g/mol. The Morgan fingerprint density at radius 2 is 1.92 bits per heavy atom. The van der Waals surface area contributed by atoms with E-state index in [1.807, 2.05) is 6.08 Å². The van der Waals surface area contributed by atoms with Crippen molar-refractivity contribution >= 4 is 5.78 Å². The quantitative estimate of drug-likeness (QED) is 0.650. The summed E-state index contributed by atoms with van der Waals surface area (Å²) in [6.07, 6.45) is 13.3. The van der Waals surface area contributed by atoms with Gasteiger partial charge in [-0.15, -0.1) is 0 Å². The number of carbonyl (C=O) groups excluding carboxylic acids is 1. The summed E-state index contributed by atoms with van der Waals surface area (Å²) in [6.45, 7) is 4.81. The van der Waals surface area contributed by atoms with E-state index in [9.17, 15) is 10.1 Å². The molecule has 0 unspecified atom stereocenters. The molecule has 0 radical (unpaired) electrons. The van der Waals surface area contributed by atoms with E-state index in [1.54, 1.807) is 6.08 Å². The summed E-state index contributed by atoms with van der Waals surface area (Å²) < 4.78 is 0. The number of ketones is 1. The molecule has 0 aromatic rings. The lowest BCUT2D eigenvalue weighted by Crippen LogP contribution is -2.50. The topological polar surface area (TPSA) is 40.9 Å². The molecule has 0 aromatic heterocycles. The number of nitriles is 1. The number of carbonyl (C=O) groups is 1. The fraction of sp³-hybridized carbons (Fsp3) is 0.727. The molecule has 0 saturated heterocycles. The second kappa shape index (κ2) is 4.63. The van der Waals surface area contributed by atoms with E-state index in [4.69, 9.17) is 0 Å². The van der Waals surface area contributed by atoms with Crippen molar-refractivity contribution in [3.05, 3.63) is 23.8 Å². The first-order valence-corrected chi connectivity index (χ1v) is 9.83. The minimum Gasteiger partial charge on any atom is -0.290 e. The Kier molecular flexibility index (Phi) is 2.88. The van der Waals surface area contributed by atoms with E-state index in [0.29, 0.717) is 11.8 Å². The molecule has 5 rings (SSSR count). The highest BCUT2D eigenvalue weighted by atomic mass is 16.1. The first kappa shape index (κ1) is 14.9. The molecule has 126 valence electrons. The number of hydrogen-bond acceptors (Lipinski definition) is 2. The molecule has 0 aromatic carbocycles. The van der Waals surface area contributed by atoms with Crippen LogP contribution in [0.15, 0.2) is 23.8 Å². The van der Waals surface area contributed by atoms with E-state index in [2.05, 4.69) is 26.0 Å². The van der Waals surface area contributed by atoms with E-state index >= 15 is 0 Å². The maximum atomic E-state index is 11.8. The Labute approximate surface area is 145 Å². The number of allylic oxidation sites excluding steroid dienone is 4. The summed E-state index contributed by atoms with van der Waals surface area (Å²) in [5.41, 5.74) is 1.70. The maximum absolute atomic E-state index is 11.8. The Balaban J connectivity index is 1.55. The maximum Gasteiger partial charge on any atom is 0.178 e. The van der Waals surface area contributed by atoms with Crippen LogP contribution in [-0.2, 0) is 4.79 Å². The number of nitrogens with zero attached hydrogens (tertiary/aromatic N) is 1. The van der Waals surface area contributed by atoms with Gasteiger partial charge in [0.25, 0.3) is 0 Å². The van der Waals surface area contributed by atoms with Crippen molar-refractivity contribution < 1.29 is 4.79 Å². The largest absolute Gasteiger partial charge is 0.290 e. The molecule has 0 heterocycles. The average Bonchev–Trinajstić information content (AvgIpc) is 2.71. The zero-order chi connectivity index (χ0) is 16.7. The van der Waals surface area contributed by atoms with Crippen LogP contribution in [0, 0.1) is 57.7 Å². The van der Waals surface area contributed by atoms with Crippen molar-refractivity contribution in [3.8, 4) is 6.07 Å². The van der Waals surface area contributed by atoms with Crippen LogP contribution in [0.5, 0.6) is 0 Å². The zero-order valence-electron chi connectivity index (χ0n) is 14.8. The monoisotopic (exact) mass is 321 g/mol. The zero-order valence-corrected chi connectivity index (χ0v) is 14.8. The van der Waals surface area contributed by atoms with Gasteiger partial charge in [0, 0.05) is 5.41 Å². The van der Waals surface area contributed by atoms with Crippen LogP contribution in [0.2, 0.25) is 0 Å². The van der Waals surface area contributed by atoms with Crippen molar-refractivity contribution in [1.29, 1.82) is 5.26 Å². The number of rotatable bonds is 0. The van der Waals surface area contributed by atoms with Crippen LogP contribution in [-0.4, -0.2) is 5.78 Å². The van der Waals surface area contributed by atoms with Gasteiger partial charge in [0.15, 0.2) is 5.78 Å². The number of hydrogen-bond donors (Lipinski definition) is 0. The SMILES string of the molecule is C[C@]12CC[C@H]3[C@@H](CCC4=CC(=O)C=C[C@@]43C)[C@@H]1[C@@H]1CC[C@@H]1[C@@H]2C#N. The third-order valence-corrected chi connectivity index (χ3v) is 8.98. The van der Waals surface area contributed by atoms with Crippen LogP contribution < -0.4 is 0 Å². The van der Waals surface area contributed by atoms with E-state index in [-0.39, 0.29) is 22.5 Å². The van der Waals surface area contributed by atoms with Crippen molar-refractivity contribution in [2.75, 3.05) is 0 Å². The predicted octanol–water partition coefficient (Wildman–Crippen LogP) is 4.68. The van der Waals surface area contributed by atoms with Crippen LogP contribution in [0.25, 0.3) is 0 Å². The molecule has 2 heteroatoms. The lowest BCUT2D eigenvalue weighted by Gasteiger charge is -2.57. The van der Waals surface area contributed by atoms with Gasteiger partial charge in [0.2, 0.25) is 0 Å². The van der Waals surface area contributed by atoms with E-state index in [1.165, 1.54) is 37.7 Å². The third kappa shape index (κ3) is 1.60. The van der Waals surface area contributed by atoms with Crippen LogP contribution in [0.3, 0.4) is 0 Å². The highest BCUT2D eigenvalue weighted by Gasteiger charge is 2.66. The van der Waals surface area contributed by atoms with Crippen LogP contribution in [0.1, 0.15) is 52.4 Å². The molecule has 24 heavy (non-hydrogen) atoms. The third-order valence-electron chi connectivity index (χ3n) is 8.98. The van der Waals surface area contributed by atoms with Gasteiger partial charge in [-0.3, -0.25) is 4.79 Å². The predicted molar refractivity (Wildman–Crippen MR) is 92.7 cm³/mol. The molecule has 5 aliphatic carbocycles. The fourth-order valence-electron chi connectivity index (χ4n) is 7.79. The fourth-order valence-corrected chi connectivity index (χ4v) is 7.79. The van der Waals surface area contributed by atoms with Crippen molar-refractivity contribution in [1.82, 2.24) is 0 Å². The molecule has 0 N–H and O–H groups in total. The first-order chi connectivity index (χ1) is 11.5. The molecule has 4 saturated carbocycles. The molecular weight excluding hydrogens is 294 g/mol. The normalized spacial score (nSPS) is 54.5. The Hall–Kier alpha value is -1.36. The second-order valence-electron chi connectivity index (χ2n) is 9.58. The van der Waals surface area contributed by atoms with Crippen LogP contribution in [0.4, 0.5) is 0 Å². The van der Waals surface area contributed by atoms with Crippen molar-refractivity contribution in [2.24, 2.45) is 46.3 Å². The summed E-state index contributed by atoms with van der Waals surface area (Å²) in [7, 11) is 0. The molecule has 2 nitrogen and oxygen atoms in total. The van der Waals surface area contributed by atoms with E-state index in [0.717, 1.165) is 24.2 Å². The van der Waals surface area contributed by atoms with E-state index < -0.39 is 0 Å². The van der Waals surface area contributed by atoms with Gasteiger partial charge in [-0.05, 0) is 85.7 Å². The van der Waals surface area contributed by atoms with Crippen molar-refractivity contribution in [3.63, 3.8) is 0 Å². The van der Waals surface area contributed by atoms with Gasteiger partial charge in [-0.25, -0.2) is 0 Å². The highest BCUT2D eigenvalue weighted by Crippen LogP contribution is 2.72. The summed E-state index contributed by atoms with van der Waals surface area (Å²) >= 11 is 0.